The molecule has 2 aromatic rings. The standard InChI is InChI=1S/C14H23N5S/c1-4-12(5-2)19-7-6-11(18-19)8-13(17-15)14-10(3)16-9-20-14/h6-7,9,12-13,17H,4-5,8,15H2,1-3H3. The minimum Gasteiger partial charge on any atom is -0.271 e. The summed E-state index contributed by atoms with van der Waals surface area (Å²) in [5, 5.41) is 4.68. The van der Waals surface area contributed by atoms with Gasteiger partial charge < -0.3 is 0 Å². The molecular formula is C14H23N5S. The lowest BCUT2D eigenvalue weighted by Crippen LogP contribution is -2.29. The molecule has 0 aliphatic rings. The fourth-order valence-corrected chi connectivity index (χ4v) is 3.30. The van der Waals surface area contributed by atoms with Gasteiger partial charge in [-0.05, 0) is 25.8 Å². The van der Waals surface area contributed by atoms with Gasteiger partial charge in [-0.3, -0.25) is 16.0 Å². The Labute approximate surface area is 124 Å². The Morgan fingerprint density at radius 2 is 2.15 bits per heavy atom. The first kappa shape index (κ1) is 15.2. The van der Waals surface area contributed by atoms with Crippen LogP contribution in [0.25, 0.3) is 0 Å². The molecule has 2 aromatic heterocycles. The molecule has 20 heavy (non-hydrogen) atoms. The third-order valence-electron chi connectivity index (χ3n) is 3.69. The Kier molecular flexibility index (Phi) is 5.28. The van der Waals surface area contributed by atoms with Gasteiger partial charge in [0.1, 0.15) is 0 Å². The topological polar surface area (TPSA) is 68.8 Å². The van der Waals surface area contributed by atoms with Crippen molar-refractivity contribution in [2.24, 2.45) is 5.84 Å². The molecule has 2 heterocycles. The molecule has 0 saturated carbocycles. The molecule has 5 nitrogen and oxygen atoms in total. The molecule has 0 radical (unpaired) electrons. The van der Waals surface area contributed by atoms with Crippen LogP contribution >= 0.6 is 11.3 Å². The number of thiazole rings is 1. The average molecular weight is 293 g/mol. The van der Waals surface area contributed by atoms with Crippen molar-refractivity contribution in [1.82, 2.24) is 20.2 Å². The molecule has 2 rings (SSSR count). The molecule has 3 N–H and O–H groups in total. The van der Waals surface area contributed by atoms with Gasteiger partial charge in [-0.15, -0.1) is 11.3 Å². The lowest BCUT2D eigenvalue weighted by atomic mass is 10.1. The maximum absolute atomic E-state index is 5.69. The average Bonchev–Trinajstić information content (AvgIpc) is 3.07. The highest BCUT2D eigenvalue weighted by molar-refractivity contribution is 7.09. The van der Waals surface area contributed by atoms with E-state index in [0.29, 0.717) is 6.04 Å². The fourth-order valence-electron chi connectivity index (χ4n) is 2.43. The van der Waals surface area contributed by atoms with Crippen molar-refractivity contribution in [2.45, 2.75) is 52.1 Å². The van der Waals surface area contributed by atoms with Gasteiger partial charge in [0.15, 0.2) is 0 Å². The molecule has 0 aliphatic carbocycles. The van der Waals surface area contributed by atoms with Crippen LogP contribution in [0.1, 0.15) is 55.0 Å². The Balaban J connectivity index is 2.11. The first-order valence-corrected chi connectivity index (χ1v) is 7.97. The first-order chi connectivity index (χ1) is 9.69. The van der Waals surface area contributed by atoms with E-state index in [4.69, 9.17) is 5.84 Å². The van der Waals surface area contributed by atoms with E-state index in [2.05, 4.69) is 46.3 Å². The van der Waals surface area contributed by atoms with E-state index in [1.165, 1.54) is 4.88 Å². The van der Waals surface area contributed by atoms with Crippen LogP contribution in [0.3, 0.4) is 0 Å². The summed E-state index contributed by atoms with van der Waals surface area (Å²) in [6.45, 7) is 6.40. The van der Waals surface area contributed by atoms with Crippen molar-refractivity contribution in [3.05, 3.63) is 34.0 Å². The summed E-state index contributed by atoms with van der Waals surface area (Å²) in [7, 11) is 0. The minimum atomic E-state index is 0.0764. The fraction of sp³-hybridized carbons (Fsp3) is 0.571. The van der Waals surface area contributed by atoms with Gasteiger partial charge in [0, 0.05) is 17.5 Å². The summed E-state index contributed by atoms with van der Waals surface area (Å²) in [4.78, 5) is 5.47. The van der Waals surface area contributed by atoms with Gasteiger partial charge in [0.05, 0.1) is 29.0 Å². The second-order valence-electron chi connectivity index (χ2n) is 4.98. The minimum absolute atomic E-state index is 0.0764. The molecule has 110 valence electrons. The van der Waals surface area contributed by atoms with Crippen molar-refractivity contribution >= 4 is 11.3 Å². The highest BCUT2D eigenvalue weighted by Crippen LogP contribution is 2.24. The van der Waals surface area contributed by atoms with Gasteiger partial charge in [-0.1, -0.05) is 13.8 Å². The van der Waals surface area contributed by atoms with E-state index in [1.54, 1.807) is 11.3 Å². The summed E-state index contributed by atoms with van der Waals surface area (Å²) < 4.78 is 2.07. The molecule has 0 bridgehead atoms. The highest BCUT2D eigenvalue weighted by Gasteiger charge is 2.17. The van der Waals surface area contributed by atoms with Gasteiger partial charge in [-0.25, -0.2) is 4.98 Å². The largest absolute Gasteiger partial charge is 0.271 e. The molecule has 0 amide bonds. The number of nitrogens with two attached hydrogens (primary N) is 1. The van der Waals surface area contributed by atoms with Crippen molar-refractivity contribution in [1.29, 1.82) is 0 Å². The molecule has 0 aromatic carbocycles. The molecule has 0 saturated heterocycles. The maximum atomic E-state index is 5.69. The summed E-state index contributed by atoms with van der Waals surface area (Å²) in [5.74, 6) is 5.69. The zero-order valence-corrected chi connectivity index (χ0v) is 13.2. The molecule has 1 atom stereocenters. The highest BCUT2D eigenvalue weighted by atomic mass is 32.1. The third kappa shape index (κ3) is 3.26. The number of aromatic nitrogens is 3. The molecule has 0 spiro atoms. The van der Waals surface area contributed by atoms with Crippen LogP contribution in [-0.4, -0.2) is 14.8 Å². The summed E-state index contributed by atoms with van der Waals surface area (Å²) in [5.41, 5.74) is 6.84. The van der Waals surface area contributed by atoms with Gasteiger partial charge in [0.2, 0.25) is 0 Å². The van der Waals surface area contributed by atoms with Crippen molar-refractivity contribution < 1.29 is 0 Å². The van der Waals surface area contributed by atoms with E-state index < -0.39 is 0 Å². The maximum Gasteiger partial charge on any atom is 0.0798 e. The predicted molar refractivity (Wildman–Crippen MR) is 82.5 cm³/mol. The van der Waals surface area contributed by atoms with Crippen LogP contribution in [0, 0.1) is 6.92 Å². The van der Waals surface area contributed by atoms with Gasteiger partial charge in [-0.2, -0.15) is 5.10 Å². The number of aryl methyl sites for hydroxylation is 1. The molecule has 1 unspecified atom stereocenters. The number of rotatable bonds is 7. The van der Waals surface area contributed by atoms with Crippen molar-refractivity contribution in [2.75, 3.05) is 0 Å². The van der Waals surface area contributed by atoms with Crippen LogP contribution in [0.15, 0.2) is 17.8 Å². The normalized spacial score (nSPS) is 13.1. The van der Waals surface area contributed by atoms with E-state index in [9.17, 15) is 0 Å². The second kappa shape index (κ2) is 6.97. The lowest BCUT2D eigenvalue weighted by molar-refractivity contribution is 0.422. The SMILES string of the molecule is CCC(CC)n1ccc(CC(NN)c2scnc2C)n1. The second-order valence-corrected chi connectivity index (χ2v) is 5.87. The first-order valence-electron chi connectivity index (χ1n) is 7.09. The Bertz CT molecular complexity index is 529. The number of nitrogens with one attached hydrogen (secondary N) is 1. The van der Waals surface area contributed by atoms with Crippen molar-refractivity contribution in [3.63, 3.8) is 0 Å². The summed E-state index contributed by atoms with van der Waals surface area (Å²) >= 11 is 1.64. The smallest absolute Gasteiger partial charge is 0.0798 e. The van der Waals surface area contributed by atoms with E-state index in [0.717, 1.165) is 30.7 Å². The van der Waals surface area contributed by atoms with Crippen LogP contribution < -0.4 is 11.3 Å². The van der Waals surface area contributed by atoms with Crippen LogP contribution in [0.2, 0.25) is 0 Å². The molecule has 6 heteroatoms. The van der Waals surface area contributed by atoms with Crippen molar-refractivity contribution in [3.8, 4) is 0 Å². The van der Waals surface area contributed by atoms with E-state index >= 15 is 0 Å². The zero-order valence-electron chi connectivity index (χ0n) is 12.3. The number of hydrogen-bond acceptors (Lipinski definition) is 5. The number of hydrazine groups is 1. The number of hydrogen-bond donors (Lipinski definition) is 2. The number of nitrogens with zero attached hydrogens (tertiary/aromatic N) is 3. The Morgan fingerprint density at radius 1 is 1.40 bits per heavy atom. The molecular weight excluding hydrogens is 270 g/mol. The van der Waals surface area contributed by atoms with E-state index in [1.807, 2.05) is 12.4 Å². The monoisotopic (exact) mass is 293 g/mol. The van der Waals surface area contributed by atoms with E-state index in [-0.39, 0.29) is 6.04 Å². The zero-order chi connectivity index (χ0) is 14.5. The third-order valence-corrected chi connectivity index (χ3v) is 4.74. The van der Waals surface area contributed by atoms with Gasteiger partial charge >= 0.3 is 0 Å². The quantitative estimate of drug-likeness (QED) is 0.608. The van der Waals surface area contributed by atoms with Gasteiger partial charge in [0.25, 0.3) is 0 Å². The molecule has 0 aliphatic heterocycles. The Morgan fingerprint density at radius 3 is 2.70 bits per heavy atom. The Hall–Kier alpha value is -1.24. The van der Waals surface area contributed by atoms with Crippen LogP contribution in [-0.2, 0) is 6.42 Å². The van der Waals surface area contributed by atoms with Crippen LogP contribution in [0.5, 0.6) is 0 Å². The summed E-state index contributed by atoms with van der Waals surface area (Å²) in [6, 6.07) is 2.64. The summed E-state index contributed by atoms with van der Waals surface area (Å²) in [6.07, 6.45) is 5.06. The predicted octanol–water partition coefficient (Wildman–Crippen LogP) is 2.76. The lowest BCUT2D eigenvalue weighted by Gasteiger charge is -2.14. The van der Waals surface area contributed by atoms with Crippen LogP contribution in [0.4, 0.5) is 0 Å². The molecule has 0 fully saturated rings.